The average Bonchev–Trinajstić information content (AvgIpc) is 1.64. The van der Waals surface area contributed by atoms with E-state index in [9.17, 15) is 82.7 Å². The Kier molecular flexibility index (Phi) is 39.6. The number of hydrogen-bond acceptors (Lipinski definition) is 31. The van der Waals surface area contributed by atoms with E-state index in [-0.39, 0.29) is 98.2 Å². The number of aryl methyl sites for hydroxylation is 4. The number of aromatic amines is 4. The number of carbonyl (C=O) groups excluding carboxylic acids is 5. The summed E-state index contributed by atoms with van der Waals surface area (Å²) < 4.78 is 105. The number of aliphatic hydroxyl groups is 3. The molecular weight excluding hydrogens is 1650 g/mol. The van der Waals surface area contributed by atoms with E-state index in [1.165, 1.54) is 121 Å². The first-order chi connectivity index (χ1) is 59.3. The summed E-state index contributed by atoms with van der Waals surface area (Å²) >= 11 is 0. The van der Waals surface area contributed by atoms with Crippen LogP contribution in [0.2, 0.25) is 0 Å². The molecule has 0 aliphatic carbocycles. The Morgan fingerprint density at radius 3 is 1.34 bits per heavy atom. The molecule has 5 aromatic rings. The number of carbonyl (C=O) groups is 5. The van der Waals surface area contributed by atoms with E-state index in [1.54, 1.807) is 34.6 Å². The van der Waals surface area contributed by atoms with Gasteiger partial charge in [0.2, 0.25) is 31.6 Å². The number of aromatic nitrogens is 8. The van der Waals surface area contributed by atoms with Gasteiger partial charge in [-0.15, -0.1) is 0 Å². The van der Waals surface area contributed by atoms with Crippen molar-refractivity contribution >= 4 is 43.8 Å². The highest BCUT2D eigenvalue weighted by Gasteiger charge is 2.54. The minimum absolute atomic E-state index is 0. The minimum atomic E-state index is -1.83. The summed E-state index contributed by atoms with van der Waals surface area (Å²) in [6.07, 6.45) is -11.0. The molecule has 8 heterocycles. The topological polar surface area (TPSA) is 575 Å². The van der Waals surface area contributed by atoms with Crippen LogP contribution in [-0.4, -0.2) is 268 Å². The van der Waals surface area contributed by atoms with Crippen molar-refractivity contribution in [2.75, 3.05) is 81.9 Å². The summed E-state index contributed by atoms with van der Waals surface area (Å²) in [5.41, 5.74) is -3.86. The molecule has 22 atom stereocenters. The van der Waals surface area contributed by atoms with Crippen LogP contribution in [0.15, 0.2) is 87.4 Å². The third-order valence-corrected chi connectivity index (χ3v) is 21.7. The molecule has 4 fully saturated rings. The van der Waals surface area contributed by atoms with Crippen LogP contribution in [0.4, 0.5) is 5.69 Å². The number of hydrogen-bond donors (Lipinski definition) is 11. The van der Waals surface area contributed by atoms with Gasteiger partial charge in [-0.1, -0.05) is 28.2 Å². The van der Waals surface area contributed by atoms with Gasteiger partial charge in [0.25, 0.3) is 36.5 Å². The number of non-ortho nitro benzene ring substituents is 1. The zero-order valence-electron chi connectivity index (χ0n) is 75.0. The lowest BCUT2D eigenvalue weighted by Gasteiger charge is -2.38. The fraction of sp³-hybridized carbons (Fsp3) is 0.636. The molecule has 0 spiro atoms. The summed E-state index contributed by atoms with van der Waals surface area (Å²) in [6, 6.07) is 4.91. The number of rotatable bonds is 32. The molecule has 1 aromatic carbocycles. The van der Waals surface area contributed by atoms with Crippen molar-refractivity contribution in [2.24, 2.45) is 11.8 Å². The molecule has 11 N–H and O–H groups in total. The third-order valence-electron chi connectivity index (χ3n) is 19.5. The van der Waals surface area contributed by atoms with Crippen LogP contribution in [0.5, 0.6) is 0 Å². The predicted molar refractivity (Wildman–Crippen MR) is 442 cm³/mol. The lowest BCUT2D eigenvalue weighted by molar-refractivity contribution is -0.384. The highest BCUT2D eigenvalue weighted by atomic mass is 31.2. The number of ether oxygens (including phenoxy) is 10. The average molecular weight is 1770 g/mol. The van der Waals surface area contributed by atoms with E-state index in [0.717, 1.165) is 9.13 Å². The quantitative estimate of drug-likeness (QED) is 0.00675. The fourth-order valence-corrected chi connectivity index (χ4v) is 14.9. The molecule has 0 saturated carbocycles. The van der Waals surface area contributed by atoms with Crippen LogP contribution in [0, 0.1) is 56.2 Å². The zero-order valence-corrected chi connectivity index (χ0v) is 71.9. The van der Waals surface area contributed by atoms with Gasteiger partial charge in [-0.3, -0.25) is 86.7 Å². The van der Waals surface area contributed by atoms with Crippen molar-refractivity contribution < 1.29 is 105 Å². The highest BCUT2D eigenvalue weighted by Crippen LogP contribution is 2.51. The van der Waals surface area contributed by atoms with Gasteiger partial charge in [0.1, 0.15) is 88.0 Å². The Hall–Kier alpha value is -9.99. The Morgan fingerprint density at radius 2 is 0.984 bits per heavy atom. The molecule has 0 bridgehead atoms. The van der Waals surface area contributed by atoms with Crippen LogP contribution in [0.25, 0.3) is 4.85 Å². The van der Waals surface area contributed by atoms with Gasteiger partial charge in [-0.2, -0.15) is 0 Å². The molecule has 4 aliphatic heterocycles. The van der Waals surface area contributed by atoms with Gasteiger partial charge >= 0.3 is 28.7 Å². The van der Waals surface area contributed by atoms with Crippen molar-refractivity contribution in [2.45, 2.75) is 227 Å². The zero-order chi connectivity index (χ0) is 94.7. The summed E-state index contributed by atoms with van der Waals surface area (Å²) in [4.78, 5) is 178. The summed E-state index contributed by atoms with van der Waals surface area (Å²) in [6.45, 7) is 30.0. The van der Waals surface area contributed by atoms with Crippen LogP contribution in [0.3, 0.4) is 0 Å². The third kappa shape index (κ3) is 27.8. The summed E-state index contributed by atoms with van der Waals surface area (Å²) in [5, 5.41) is 44.3. The maximum absolute atomic E-state index is 12.9. The first kappa shape index (κ1) is 98.4. The molecule has 0 radical (unpaired) electrons. The number of amides is 4. The first-order valence-electron chi connectivity index (χ1n) is 40.6. The Balaban J connectivity index is 0.000000358. The van der Waals surface area contributed by atoms with Gasteiger partial charge in [0, 0.05) is 127 Å². The monoisotopic (exact) mass is 1770 g/mol. The number of H-pyrrole nitrogens is 4. The van der Waals surface area contributed by atoms with Gasteiger partial charge in [0.05, 0.1) is 37.6 Å². The van der Waals surface area contributed by atoms with Gasteiger partial charge < -0.3 is 97.9 Å². The van der Waals surface area contributed by atoms with E-state index in [2.05, 4.69) is 51.2 Å². The normalized spacial score (nSPS) is 25.0. The van der Waals surface area contributed by atoms with Gasteiger partial charge in [-0.25, -0.2) is 35.2 Å². The minimum Gasteiger partial charge on any atom is -0.456 e. The van der Waals surface area contributed by atoms with Crippen molar-refractivity contribution in [1.29, 1.82) is 1.43 Å². The molecule has 4 amide bonds. The molecule has 45 nitrogen and oxygen atoms in total. The van der Waals surface area contributed by atoms with Crippen molar-refractivity contribution in [1.82, 2.24) is 64.1 Å². The molecule has 46 heteroatoms. The number of aliphatic hydroxyl groups excluding tert-OH is 3. The Labute approximate surface area is 714 Å². The molecule has 123 heavy (non-hydrogen) atoms. The number of nitrogens with one attached hydrogen (secondary N) is 8. The summed E-state index contributed by atoms with van der Waals surface area (Å²) in [7, 11) is 3.67. The Morgan fingerprint density at radius 1 is 0.626 bits per heavy atom. The number of likely N-dealkylation sites (N-methyl/N-ethyl adjacent to an activating group) is 4. The molecule has 2 unspecified atom stereocenters. The second-order valence-corrected chi connectivity index (χ2v) is 30.2. The predicted octanol–water partition coefficient (Wildman–Crippen LogP) is 0.0184. The number of nitro benzene ring substituents is 1. The van der Waals surface area contributed by atoms with Crippen molar-refractivity contribution in [3.05, 3.63) is 182 Å². The number of methoxy groups -OCH3 is 1. The fourth-order valence-electron chi connectivity index (χ4n) is 13.1. The van der Waals surface area contributed by atoms with Crippen molar-refractivity contribution in [3.8, 4) is 0 Å². The maximum Gasteiger partial charge on any atom is 0.338 e. The largest absolute Gasteiger partial charge is 0.456 e. The lowest BCUT2D eigenvalue weighted by atomic mass is 9.96. The van der Waals surface area contributed by atoms with Crippen LogP contribution >= 0.6 is 8.53 Å². The van der Waals surface area contributed by atoms with E-state index in [0.29, 0.717) is 5.56 Å². The number of benzene rings is 1. The van der Waals surface area contributed by atoms with Gasteiger partial charge in [-0.05, 0) is 94.7 Å². The van der Waals surface area contributed by atoms with Crippen molar-refractivity contribution in [3.63, 3.8) is 0 Å². The van der Waals surface area contributed by atoms with E-state index in [1.807, 2.05) is 39.3 Å². The lowest BCUT2D eigenvalue weighted by Crippen LogP contribution is -2.45. The molecular formula is C77H118N15O30P. The van der Waals surface area contributed by atoms with Gasteiger partial charge in [0.15, 0.2) is 24.9 Å². The second kappa shape index (κ2) is 49.5. The summed E-state index contributed by atoms with van der Waals surface area (Å²) in [5.74, 6) is -2.97. The van der Waals surface area contributed by atoms with E-state index >= 15 is 0 Å². The smallest absolute Gasteiger partial charge is 0.338 e. The van der Waals surface area contributed by atoms with Crippen LogP contribution in [-0.2, 0) is 75.6 Å². The number of nitrogens with zero attached hydrogens (tertiary/aromatic N) is 7. The molecule has 4 aliphatic rings. The first-order valence-corrected chi connectivity index (χ1v) is 39.5. The molecule has 4 saturated heterocycles. The van der Waals surface area contributed by atoms with Crippen LogP contribution in [0.1, 0.15) is 145 Å². The van der Waals surface area contributed by atoms with Crippen LogP contribution < -0.4 is 66.3 Å². The standard InChI is InChI=1S/C24H40N5O8P.C22H26N4O9.C15H23N3O6.C14H21N3O6.CH4O.CH4/c1-14(2)29(15(3)4)38(35-11-10-25-7)37-20-19(17(6)33-9)36-23(21(20)34-13-18(30)26-8)28-12-16(5)22(31)27-24(28)32;1-11-9-25(22(30)24-19(11)28)20-18(33-10-16(27)23-4)12(2)17(35-20)13(3)34-21(29)14-5-7-15(8-6-14)26(31)32;1-7-5-18(15(22)17-13(7)21)14-12(23-6-10(20)16-4)8(2)11(24-14)9(3)19;1-4-8-10(19)11(22-6-9(18)15-3)13(23-8)17-5-7(2)12(20)16-14(17)21;1-2;/h12,14-15,17,19-21,23H,10-11,13H2,1-6,8-9H3,(H,26,30)(H,27,31,32);5-9,12-13,17-18,20H,10H2,1-4H3,(H,23,27)(H,24,28,30);5,8-9,11-12,14,19H,6H2,1-4H3,(H,16,20)(H,17,21,22);5,8,10-11,13,19H,4,6H2,1-3H3,(H,15,18)(H,16,20,21);2H,1H3;1H4/t17-,19+,20+,21+,23+,38?;12-,13+,17+,18-,20-;8-,9+,11+,12-,14-;8-,10-,11-,13-;;/m0111../s1/i9TD;;;4D;2T;/t9?,17-,19+,20+,21+,23+,38?;;;4-,8-,10-,11-,13-;;. The second-order valence-electron chi connectivity index (χ2n) is 28.8. The SMILES string of the molecule is C.CNC(=O)CO[C@@H]1[C@H](C)[C@@H]([C@H](C)O)O[C@H]1n1cc(C)c(=O)[nH]c1=O.CNC(=O)CO[C@@H]1[C@H](C)[C@@H]([C@H](C)OC(=O)c2ccc([N+](=O)[O-])cc2)O[C@H]1n1cc(C)c(=O)[nH]c1=O.[2H]C([3H])O[C@@H](C)[C@H]1O[C@@H](n2cc(C)c(=O)[nH]c2=O)[C@H](OCC(=O)NC)[C@@H]1OP(OCC[N+]#[C-])N(C(C)C)C(C)C.[2H][C@H](C)[C@H]1O[C@@H](n2cc(C)c(=O)[nH]c2=O)[C@H](OCC(=O)NC)[C@@H]1O.[3H]OC. The van der Waals surface area contributed by atoms with E-state index in [4.69, 9.17) is 68.5 Å². The highest BCUT2D eigenvalue weighted by molar-refractivity contribution is 7.44. The Bertz CT molecular complexity index is 4870. The number of esters is 1. The molecule has 9 rings (SSSR count). The number of nitro groups is 1. The molecule has 686 valence electrons. The maximum atomic E-state index is 12.9. The molecule has 4 aromatic heterocycles. The van der Waals surface area contributed by atoms with E-state index < -0.39 is 206 Å².